The summed E-state index contributed by atoms with van der Waals surface area (Å²) in [5, 5.41) is 9.94. The minimum Gasteiger partial charge on any atom is -0.392 e. The van der Waals surface area contributed by atoms with Crippen LogP contribution in [0.1, 0.15) is 58.8 Å². The summed E-state index contributed by atoms with van der Waals surface area (Å²) < 4.78 is 0. The number of hydrogen-bond acceptors (Lipinski definition) is 3. The molecule has 114 valence electrons. The molecule has 19 heavy (non-hydrogen) atoms. The van der Waals surface area contributed by atoms with Crippen LogP contribution in [0, 0.1) is 0 Å². The molecule has 0 aliphatic carbocycles. The van der Waals surface area contributed by atoms with Gasteiger partial charge in [-0.15, -0.1) is 0 Å². The first-order chi connectivity index (χ1) is 9.26. The zero-order chi connectivity index (χ0) is 13.9. The van der Waals surface area contributed by atoms with E-state index < -0.39 is 0 Å². The first-order valence-electron chi connectivity index (χ1n) is 8.39. The maximum Gasteiger partial charge on any atom is 0.0667 e. The summed E-state index contributed by atoms with van der Waals surface area (Å²) in [5.41, 5.74) is 0. The normalized spacial score (nSPS) is 19.7. The van der Waals surface area contributed by atoms with Crippen LogP contribution in [0.3, 0.4) is 0 Å². The van der Waals surface area contributed by atoms with Crippen molar-refractivity contribution in [3.05, 3.63) is 0 Å². The molecular formula is C16H34N2O. The van der Waals surface area contributed by atoms with Gasteiger partial charge in [-0.25, -0.2) is 0 Å². The fraction of sp³-hybridized carbons (Fsp3) is 1.00. The molecular weight excluding hydrogens is 236 g/mol. The number of nitrogens with zero attached hydrogens (tertiary/aromatic N) is 2. The number of rotatable bonds is 10. The third-order valence-electron chi connectivity index (χ3n) is 4.15. The zero-order valence-electron chi connectivity index (χ0n) is 13.1. The van der Waals surface area contributed by atoms with Crippen LogP contribution in [-0.2, 0) is 0 Å². The maximum atomic E-state index is 9.94. The van der Waals surface area contributed by atoms with Crippen molar-refractivity contribution in [1.82, 2.24) is 9.80 Å². The van der Waals surface area contributed by atoms with Crippen LogP contribution in [0.2, 0.25) is 0 Å². The van der Waals surface area contributed by atoms with Gasteiger partial charge in [0, 0.05) is 32.7 Å². The first-order valence-corrected chi connectivity index (χ1v) is 8.39. The summed E-state index contributed by atoms with van der Waals surface area (Å²) >= 11 is 0. The van der Waals surface area contributed by atoms with Crippen LogP contribution >= 0.6 is 0 Å². The molecule has 1 N–H and O–H groups in total. The van der Waals surface area contributed by atoms with Crippen molar-refractivity contribution in [1.29, 1.82) is 0 Å². The van der Waals surface area contributed by atoms with Gasteiger partial charge in [0.05, 0.1) is 6.10 Å². The highest BCUT2D eigenvalue weighted by Crippen LogP contribution is 2.08. The topological polar surface area (TPSA) is 26.7 Å². The van der Waals surface area contributed by atoms with Gasteiger partial charge in [-0.2, -0.15) is 0 Å². The van der Waals surface area contributed by atoms with Gasteiger partial charge in [-0.05, 0) is 19.4 Å². The number of aliphatic hydroxyl groups excluding tert-OH is 1. The van der Waals surface area contributed by atoms with E-state index in [0.717, 1.165) is 32.5 Å². The van der Waals surface area contributed by atoms with Crippen molar-refractivity contribution in [2.75, 3.05) is 39.3 Å². The SMILES string of the molecule is CCCCCCN1CCN(CC(O)CCCC)CC1. The Hall–Kier alpha value is -0.120. The summed E-state index contributed by atoms with van der Waals surface area (Å²) in [6.07, 6.45) is 8.62. The molecule has 0 bridgehead atoms. The van der Waals surface area contributed by atoms with Crippen LogP contribution < -0.4 is 0 Å². The number of β-amino-alcohol motifs (C(OH)–C–C–N with tert-alkyl or cyclic N) is 1. The Morgan fingerprint density at radius 1 is 0.842 bits per heavy atom. The Balaban J connectivity index is 2.04. The van der Waals surface area contributed by atoms with Crippen LogP contribution in [0.25, 0.3) is 0 Å². The van der Waals surface area contributed by atoms with E-state index in [4.69, 9.17) is 0 Å². The standard InChI is InChI=1S/C16H34N2O/c1-3-5-7-8-10-17-11-13-18(14-12-17)15-16(19)9-6-4-2/h16,19H,3-15H2,1-2H3. The van der Waals surface area contributed by atoms with Gasteiger partial charge in [0.1, 0.15) is 0 Å². The second kappa shape index (κ2) is 10.6. The van der Waals surface area contributed by atoms with Gasteiger partial charge >= 0.3 is 0 Å². The van der Waals surface area contributed by atoms with Gasteiger partial charge in [0.2, 0.25) is 0 Å². The molecule has 0 aromatic carbocycles. The van der Waals surface area contributed by atoms with Crippen molar-refractivity contribution in [2.45, 2.75) is 64.9 Å². The van der Waals surface area contributed by atoms with Crippen molar-refractivity contribution in [3.8, 4) is 0 Å². The van der Waals surface area contributed by atoms with E-state index in [1.54, 1.807) is 0 Å². The highest BCUT2D eigenvalue weighted by Gasteiger charge is 2.18. The molecule has 0 amide bonds. The van der Waals surface area contributed by atoms with Gasteiger partial charge < -0.3 is 10.0 Å². The molecule has 0 spiro atoms. The number of hydrogen-bond donors (Lipinski definition) is 1. The van der Waals surface area contributed by atoms with E-state index in [-0.39, 0.29) is 6.10 Å². The molecule has 1 rings (SSSR count). The highest BCUT2D eigenvalue weighted by molar-refractivity contribution is 4.74. The van der Waals surface area contributed by atoms with Crippen molar-refractivity contribution in [2.24, 2.45) is 0 Å². The smallest absolute Gasteiger partial charge is 0.0667 e. The lowest BCUT2D eigenvalue weighted by Crippen LogP contribution is -2.48. The highest BCUT2D eigenvalue weighted by atomic mass is 16.3. The molecule has 1 unspecified atom stereocenters. The second-order valence-corrected chi connectivity index (χ2v) is 6.00. The molecule has 1 atom stereocenters. The molecule has 3 nitrogen and oxygen atoms in total. The van der Waals surface area contributed by atoms with Crippen LogP contribution in [0.5, 0.6) is 0 Å². The van der Waals surface area contributed by atoms with Crippen LogP contribution in [0.15, 0.2) is 0 Å². The predicted octanol–water partition coefficient (Wildman–Crippen LogP) is 2.74. The lowest BCUT2D eigenvalue weighted by atomic mass is 10.1. The Morgan fingerprint density at radius 3 is 2.11 bits per heavy atom. The number of aliphatic hydroxyl groups is 1. The second-order valence-electron chi connectivity index (χ2n) is 6.00. The number of unbranched alkanes of at least 4 members (excludes halogenated alkanes) is 4. The van der Waals surface area contributed by atoms with E-state index in [1.165, 1.54) is 51.7 Å². The van der Waals surface area contributed by atoms with Crippen LogP contribution in [-0.4, -0.2) is 60.3 Å². The first kappa shape index (κ1) is 16.9. The molecule has 3 heteroatoms. The van der Waals surface area contributed by atoms with E-state index in [0.29, 0.717) is 0 Å². The van der Waals surface area contributed by atoms with Crippen LogP contribution in [0.4, 0.5) is 0 Å². The minimum absolute atomic E-state index is 0.115. The Bertz CT molecular complexity index is 203. The molecule has 0 radical (unpaired) electrons. The Morgan fingerprint density at radius 2 is 1.47 bits per heavy atom. The Labute approximate surface area is 120 Å². The average Bonchev–Trinajstić information content (AvgIpc) is 2.43. The summed E-state index contributed by atoms with van der Waals surface area (Å²) in [7, 11) is 0. The molecule has 1 aliphatic heterocycles. The van der Waals surface area contributed by atoms with Gasteiger partial charge in [0.15, 0.2) is 0 Å². The average molecular weight is 270 g/mol. The molecule has 0 aromatic rings. The van der Waals surface area contributed by atoms with Crippen molar-refractivity contribution in [3.63, 3.8) is 0 Å². The third kappa shape index (κ3) is 7.91. The van der Waals surface area contributed by atoms with Gasteiger partial charge in [-0.3, -0.25) is 4.90 Å². The van der Waals surface area contributed by atoms with E-state index in [1.807, 2.05) is 0 Å². The predicted molar refractivity (Wildman–Crippen MR) is 82.6 cm³/mol. The van der Waals surface area contributed by atoms with E-state index in [2.05, 4.69) is 23.6 Å². The molecule has 1 saturated heterocycles. The monoisotopic (exact) mass is 270 g/mol. The quantitative estimate of drug-likeness (QED) is 0.618. The molecule has 1 heterocycles. The fourth-order valence-corrected chi connectivity index (χ4v) is 2.79. The maximum absolute atomic E-state index is 9.94. The lowest BCUT2D eigenvalue weighted by Gasteiger charge is -2.35. The largest absolute Gasteiger partial charge is 0.392 e. The zero-order valence-corrected chi connectivity index (χ0v) is 13.1. The summed E-state index contributed by atoms with van der Waals surface area (Å²) in [6.45, 7) is 11.2. The van der Waals surface area contributed by atoms with Crippen molar-refractivity contribution < 1.29 is 5.11 Å². The summed E-state index contributed by atoms with van der Waals surface area (Å²) in [4.78, 5) is 5.02. The van der Waals surface area contributed by atoms with Gasteiger partial charge in [0.25, 0.3) is 0 Å². The fourth-order valence-electron chi connectivity index (χ4n) is 2.79. The summed E-state index contributed by atoms with van der Waals surface area (Å²) in [5.74, 6) is 0. The summed E-state index contributed by atoms with van der Waals surface area (Å²) in [6, 6.07) is 0. The van der Waals surface area contributed by atoms with Crippen molar-refractivity contribution >= 4 is 0 Å². The van der Waals surface area contributed by atoms with E-state index in [9.17, 15) is 5.11 Å². The molecule has 1 aliphatic rings. The van der Waals surface area contributed by atoms with Gasteiger partial charge in [-0.1, -0.05) is 46.0 Å². The Kier molecular flexibility index (Phi) is 9.48. The molecule has 1 fully saturated rings. The third-order valence-corrected chi connectivity index (χ3v) is 4.15. The molecule has 0 aromatic heterocycles. The number of piperazine rings is 1. The lowest BCUT2D eigenvalue weighted by molar-refractivity contribution is 0.0671. The van der Waals surface area contributed by atoms with E-state index >= 15 is 0 Å². The minimum atomic E-state index is -0.115. The molecule has 0 saturated carbocycles.